The van der Waals surface area contributed by atoms with Gasteiger partial charge in [-0.15, -0.1) is 0 Å². The number of benzene rings is 3. The van der Waals surface area contributed by atoms with Gasteiger partial charge in [-0.25, -0.2) is 5.43 Å². The quantitative estimate of drug-likeness (QED) is 0.462. The Morgan fingerprint density at radius 1 is 1.00 bits per heavy atom. The molecule has 0 radical (unpaired) electrons. The van der Waals surface area contributed by atoms with E-state index in [9.17, 15) is 4.79 Å². The molecule has 0 fully saturated rings. The van der Waals surface area contributed by atoms with Crippen molar-refractivity contribution in [2.45, 2.75) is 20.0 Å². The van der Waals surface area contributed by atoms with E-state index >= 15 is 0 Å². The van der Waals surface area contributed by atoms with Crippen molar-refractivity contribution in [1.82, 2.24) is 5.43 Å². The SMILES string of the molecule is Cc1ccc(N2Cc3ccc(C(=O)N/N=C/c4ccc(Br)cc4)cc3C2)cc1. The topological polar surface area (TPSA) is 44.7 Å². The first kappa shape index (κ1) is 18.4. The van der Waals surface area contributed by atoms with Gasteiger partial charge in [0.25, 0.3) is 5.91 Å². The van der Waals surface area contributed by atoms with E-state index < -0.39 is 0 Å². The van der Waals surface area contributed by atoms with Crippen LogP contribution >= 0.6 is 15.9 Å². The van der Waals surface area contributed by atoms with Gasteiger partial charge >= 0.3 is 0 Å². The second-order valence-electron chi connectivity index (χ2n) is 6.93. The highest BCUT2D eigenvalue weighted by Crippen LogP contribution is 2.29. The largest absolute Gasteiger partial charge is 0.363 e. The summed E-state index contributed by atoms with van der Waals surface area (Å²) in [6.07, 6.45) is 1.64. The van der Waals surface area contributed by atoms with E-state index in [2.05, 4.69) is 62.5 Å². The van der Waals surface area contributed by atoms with Crippen molar-refractivity contribution >= 4 is 33.7 Å². The first-order valence-corrected chi connectivity index (χ1v) is 9.90. The lowest BCUT2D eigenvalue weighted by atomic mass is 10.1. The molecule has 3 aromatic carbocycles. The van der Waals surface area contributed by atoms with Gasteiger partial charge in [-0.2, -0.15) is 5.10 Å². The van der Waals surface area contributed by atoms with Gasteiger partial charge in [-0.1, -0.05) is 51.8 Å². The van der Waals surface area contributed by atoms with E-state index in [4.69, 9.17) is 0 Å². The predicted molar refractivity (Wildman–Crippen MR) is 117 cm³/mol. The van der Waals surface area contributed by atoms with Gasteiger partial charge in [0, 0.05) is 28.8 Å². The van der Waals surface area contributed by atoms with Gasteiger partial charge in [0.1, 0.15) is 0 Å². The van der Waals surface area contributed by atoms with Crippen LogP contribution in [-0.4, -0.2) is 12.1 Å². The summed E-state index contributed by atoms with van der Waals surface area (Å²) in [7, 11) is 0. The number of halogens is 1. The monoisotopic (exact) mass is 433 g/mol. The molecule has 0 aromatic heterocycles. The lowest BCUT2D eigenvalue weighted by Gasteiger charge is -2.17. The molecule has 0 saturated carbocycles. The molecule has 4 nitrogen and oxygen atoms in total. The van der Waals surface area contributed by atoms with E-state index in [0.717, 1.165) is 23.1 Å². The molecule has 1 amide bonds. The van der Waals surface area contributed by atoms with Crippen LogP contribution in [0.25, 0.3) is 0 Å². The number of carbonyl (C=O) groups is 1. The maximum atomic E-state index is 12.4. The Morgan fingerprint density at radius 2 is 1.71 bits per heavy atom. The number of nitrogens with one attached hydrogen (secondary N) is 1. The van der Waals surface area contributed by atoms with Crippen molar-refractivity contribution in [3.8, 4) is 0 Å². The summed E-state index contributed by atoms with van der Waals surface area (Å²) in [5.74, 6) is -0.204. The standard InChI is InChI=1S/C23H20BrN3O/c1-16-2-10-22(11-3-16)27-14-19-7-6-18(12-20(19)15-27)23(28)26-25-13-17-4-8-21(24)9-5-17/h2-13H,14-15H2,1H3,(H,26,28)/b25-13+. The zero-order valence-corrected chi connectivity index (χ0v) is 17.1. The molecule has 28 heavy (non-hydrogen) atoms. The van der Waals surface area contributed by atoms with Gasteiger partial charge in [0.05, 0.1) is 6.21 Å². The molecule has 0 bridgehead atoms. The number of carbonyl (C=O) groups excluding carboxylic acids is 1. The predicted octanol–water partition coefficient (Wildman–Crippen LogP) is 5.04. The number of hydrogen-bond acceptors (Lipinski definition) is 3. The van der Waals surface area contributed by atoms with Crippen molar-refractivity contribution in [3.63, 3.8) is 0 Å². The van der Waals surface area contributed by atoms with Crippen LogP contribution in [0.4, 0.5) is 5.69 Å². The zero-order chi connectivity index (χ0) is 19.5. The fourth-order valence-corrected chi connectivity index (χ4v) is 3.52. The van der Waals surface area contributed by atoms with E-state index in [0.29, 0.717) is 5.56 Å². The molecule has 3 aromatic rings. The van der Waals surface area contributed by atoms with Gasteiger partial charge in [-0.05, 0) is 60.0 Å². The molecule has 0 unspecified atom stereocenters. The number of aryl methyl sites for hydroxylation is 1. The zero-order valence-electron chi connectivity index (χ0n) is 15.5. The molecule has 1 heterocycles. The van der Waals surface area contributed by atoms with Crippen LogP contribution in [0, 0.1) is 6.92 Å². The molecule has 1 aliphatic rings. The molecule has 0 spiro atoms. The smallest absolute Gasteiger partial charge is 0.271 e. The summed E-state index contributed by atoms with van der Waals surface area (Å²) in [4.78, 5) is 14.7. The minimum atomic E-state index is -0.204. The second-order valence-corrected chi connectivity index (χ2v) is 7.84. The Morgan fingerprint density at radius 3 is 2.46 bits per heavy atom. The third kappa shape index (κ3) is 4.15. The fraction of sp³-hybridized carbons (Fsp3) is 0.130. The number of amides is 1. The summed E-state index contributed by atoms with van der Waals surface area (Å²) < 4.78 is 1.01. The normalized spacial score (nSPS) is 13.0. The summed E-state index contributed by atoms with van der Waals surface area (Å²) in [6.45, 7) is 3.76. The second kappa shape index (κ2) is 7.98. The maximum Gasteiger partial charge on any atom is 0.271 e. The van der Waals surface area contributed by atoms with E-state index in [1.807, 2.05) is 42.5 Å². The third-order valence-corrected chi connectivity index (χ3v) is 5.37. The van der Waals surface area contributed by atoms with Crippen molar-refractivity contribution < 1.29 is 4.79 Å². The highest BCUT2D eigenvalue weighted by molar-refractivity contribution is 9.10. The Kier molecular flexibility index (Phi) is 5.26. The van der Waals surface area contributed by atoms with E-state index in [1.165, 1.54) is 22.4 Å². The summed E-state index contributed by atoms with van der Waals surface area (Å²) in [5, 5.41) is 4.06. The highest BCUT2D eigenvalue weighted by atomic mass is 79.9. The van der Waals surface area contributed by atoms with Crippen LogP contribution in [0.2, 0.25) is 0 Å². The van der Waals surface area contributed by atoms with Crippen molar-refractivity contribution in [2.24, 2.45) is 5.10 Å². The van der Waals surface area contributed by atoms with Crippen molar-refractivity contribution in [1.29, 1.82) is 0 Å². The average molecular weight is 434 g/mol. The lowest BCUT2D eigenvalue weighted by Crippen LogP contribution is -2.17. The molecule has 140 valence electrons. The summed E-state index contributed by atoms with van der Waals surface area (Å²) in [6, 6.07) is 22.1. The number of fused-ring (bicyclic) bond motifs is 1. The molecule has 4 rings (SSSR count). The van der Waals surface area contributed by atoms with Crippen molar-refractivity contribution in [3.05, 3.63) is 99.0 Å². The molecular formula is C23H20BrN3O. The van der Waals surface area contributed by atoms with Gasteiger partial charge in [-0.3, -0.25) is 4.79 Å². The van der Waals surface area contributed by atoms with Crippen LogP contribution < -0.4 is 10.3 Å². The van der Waals surface area contributed by atoms with Gasteiger partial charge < -0.3 is 4.90 Å². The molecule has 0 aliphatic carbocycles. The van der Waals surface area contributed by atoms with Crippen LogP contribution in [0.3, 0.4) is 0 Å². The van der Waals surface area contributed by atoms with Crippen LogP contribution in [0.15, 0.2) is 76.3 Å². The Balaban J connectivity index is 1.42. The minimum Gasteiger partial charge on any atom is -0.363 e. The molecular weight excluding hydrogens is 414 g/mol. The lowest BCUT2D eigenvalue weighted by molar-refractivity contribution is 0.0955. The van der Waals surface area contributed by atoms with E-state index in [-0.39, 0.29) is 5.91 Å². The molecule has 0 atom stereocenters. The third-order valence-electron chi connectivity index (χ3n) is 4.84. The number of hydrogen-bond donors (Lipinski definition) is 1. The Labute approximate surface area is 173 Å². The first-order chi connectivity index (χ1) is 13.6. The molecule has 5 heteroatoms. The number of nitrogens with zero attached hydrogens (tertiary/aromatic N) is 2. The number of rotatable bonds is 4. The highest BCUT2D eigenvalue weighted by Gasteiger charge is 2.20. The Hall–Kier alpha value is -2.92. The maximum absolute atomic E-state index is 12.4. The van der Waals surface area contributed by atoms with Gasteiger partial charge in [0.2, 0.25) is 0 Å². The molecule has 0 saturated heterocycles. The van der Waals surface area contributed by atoms with Crippen LogP contribution in [0.1, 0.15) is 32.6 Å². The number of anilines is 1. The number of hydrazone groups is 1. The van der Waals surface area contributed by atoms with Crippen LogP contribution in [-0.2, 0) is 13.1 Å². The minimum absolute atomic E-state index is 0.204. The van der Waals surface area contributed by atoms with Crippen LogP contribution in [0.5, 0.6) is 0 Å². The summed E-state index contributed by atoms with van der Waals surface area (Å²) >= 11 is 3.40. The summed E-state index contributed by atoms with van der Waals surface area (Å²) in [5.41, 5.74) is 9.05. The molecule has 1 aliphatic heterocycles. The van der Waals surface area contributed by atoms with Gasteiger partial charge in [0.15, 0.2) is 0 Å². The Bertz CT molecular complexity index is 1030. The fourth-order valence-electron chi connectivity index (χ4n) is 3.25. The van der Waals surface area contributed by atoms with E-state index in [1.54, 1.807) is 6.21 Å². The first-order valence-electron chi connectivity index (χ1n) is 9.11. The van der Waals surface area contributed by atoms with Crippen molar-refractivity contribution in [2.75, 3.05) is 4.90 Å². The molecule has 1 N–H and O–H groups in total. The average Bonchev–Trinajstić information content (AvgIpc) is 3.13.